The molecule has 152 valence electrons. The predicted octanol–water partition coefficient (Wildman–Crippen LogP) is 3.90. The summed E-state index contributed by atoms with van der Waals surface area (Å²) in [6.07, 6.45) is 10.6. The number of alkyl halides is 1. The minimum absolute atomic E-state index is 0.302. The second-order valence-electron chi connectivity index (χ2n) is 7.60. The summed E-state index contributed by atoms with van der Waals surface area (Å²) < 4.78 is 14.8. The lowest BCUT2D eigenvalue weighted by molar-refractivity contribution is 0.373. The van der Waals surface area contributed by atoms with Crippen LogP contribution in [-0.4, -0.2) is 42.8 Å². The van der Waals surface area contributed by atoms with Crippen LogP contribution in [0.1, 0.15) is 30.1 Å². The van der Waals surface area contributed by atoms with E-state index in [0.717, 1.165) is 53.8 Å². The minimum Gasteiger partial charge on any atom is -0.341 e. The lowest BCUT2D eigenvalue weighted by Crippen LogP contribution is -2.36. The molecule has 5 rings (SSSR count). The van der Waals surface area contributed by atoms with Gasteiger partial charge in [0.1, 0.15) is 6.67 Å². The molecule has 1 aliphatic heterocycles. The molecule has 5 heterocycles. The van der Waals surface area contributed by atoms with Crippen LogP contribution in [0.25, 0.3) is 22.2 Å². The number of fused-ring (bicyclic) bond motifs is 1. The van der Waals surface area contributed by atoms with Crippen molar-refractivity contribution < 1.29 is 4.39 Å². The third-order valence-electron chi connectivity index (χ3n) is 5.70. The first-order valence-electron chi connectivity index (χ1n) is 10.1. The molecule has 7 nitrogen and oxygen atoms in total. The quantitative estimate of drug-likeness (QED) is 0.515. The smallest absolute Gasteiger partial charge is 0.225 e. The Morgan fingerprint density at radius 2 is 1.83 bits per heavy atom. The Labute approximate surface area is 173 Å². The van der Waals surface area contributed by atoms with E-state index in [1.807, 2.05) is 31.5 Å². The summed E-state index contributed by atoms with van der Waals surface area (Å²) in [5.41, 5.74) is 4.47. The highest BCUT2D eigenvalue weighted by Crippen LogP contribution is 2.29. The van der Waals surface area contributed by atoms with E-state index < -0.39 is 6.67 Å². The Morgan fingerprint density at radius 1 is 1.03 bits per heavy atom. The fourth-order valence-corrected chi connectivity index (χ4v) is 4.03. The average molecular weight is 403 g/mol. The van der Waals surface area contributed by atoms with Crippen molar-refractivity contribution in [1.29, 1.82) is 0 Å². The molecule has 0 amide bonds. The topological polar surface area (TPSA) is 72.6 Å². The standard InChI is InChI=1S/C22H22FN7/c1-15-19(3-2-6-24-15)20-9-17-13-28-30(21(17)14-25-20)18-4-7-29(8-5-18)22-26-11-16(10-23)12-27-22/h2-3,6,9,11-14,18H,4-5,7-8,10H2,1H3. The number of rotatable bonds is 4. The zero-order chi connectivity index (χ0) is 20.5. The Bertz CT molecular complexity index is 1160. The van der Waals surface area contributed by atoms with Gasteiger partial charge in [-0.2, -0.15) is 5.10 Å². The van der Waals surface area contributed by atoms with E-state index in [4.69, 9.17) is 0 Å². The van der Waals surface area contributed by atoms with Crippen molar-refractivity contribution >= 4 is 16.9 Å². The van der Waals surface area contributed by atoms with Gasteiger partial charge < -0.3 is 4.90 Å². The highest BCUT2D eigenvalue weighted by molar-refractivity contribution is 5.82. The largest absolute Gasteiger partial charge is 0.341 e. The van der Waals surface area contributed by atoms with Gasteiger partial charge in [0.25, 0.3) is 0 Å². The molecule has 0 unspecified atom stereocenters. The van der Waals surface area contributed by atoms with E-state index in [1.165, 1.54) is 0 Å². The Morgan fingerprint density at radius 3 is 2.57 bits per heavy atom. The van der Waals surface area contributed by atoms with Gasteiger partial charge in [-0.05, 0) is 38.0 Å². The van der Waals surface area contributed by atoms with E-state index in [0.29, 0.717) is 17.6 Å². The summed E-state index contributed by atoms with van der Waals surface area (Å²) in [7, 11) is 0. The first kappa shape index (κ1) is 18.6. The SMILES string of the molecule is Cc1ncccc1-c1cc2cnn(C3CCN(c4ncc(CF)cn4)CC3)c2cn1. The van der Waals surface area contributed by atoms with Crippen molar-refractivity contribution in [1.82, 2.24) is 29.7 Å². The van der Waals surface area contributed by atoms with E-state index in [9.17, 15) is 4.39 Å². The Balaban J connectivity index is 1.34. The van der Waals surface area contributed by atoms with Crippen LogP contribution in [0.4, 0.5) is 10.3 Å². The lowest BCUT2D eigenvalue weighted by atomic mass is 10.1. The van der Waals surface area contributed by atoms with Crippen LogP contribution in [0.15, 0.2) is 49.2 Å². The van der Waals surface area contributed by atoms with Gasteiger partial charge in [-0.25, -0.2) is 14.4 Å². The van der Waals surface area contributed by atoms with Crippen molar-refractivity contribution in [2.24, 2.45) is 0 Å². The molecule has 0 N–H and O–H groups in total. The van der Waals surface area contributed by atoms with Gasteiger partial charge in [0, 0.05) is 53.9 Å². The molecule has 0 aromatic carbocycles. The van der Waals surface area contributed by atoms with Crippen LogP contribution in [0, 0.1) is 6.92 Å². The van der Waals surface area contributed by atoms with Crippen LogP contribution in [0.2, 0.25) is 0 Å². The van der Waals surface area contributed by atoms with Crippen LogP contribution in [0.3, 0.4) is 0 Å². The predicted molar refractivity (Wildman–Crippen MR) is 113 cm³/mol. The lowest BCUT2D eigenvalue weighted by Gasteiger charge is -2.32. The van der Waals surface area contributed by atoms with Crippen molar-refractivity contribution in [2.75, 3.05) is 18.0 Å². The van der Waals surface area contributed by atoms with Crippen LogP contribution < -0.4 is 4.90 Å². The summed E-state index contributed by atoms with van der Waals surface area (Å²) in [4.78, 5) is 19.8. The normalized spacial score (nSPS) is 15.1. The number of halogens is 1. The molecule has 1 saturated heterocycles. The highest BCUT2D eigenvalue weighted by Gasteiger charge is 2.24. The molecule has 1 aliphatic rings. The third kappa shape index (κ3) is 3.38. The van der Waals surface area contributed by atoms with Gasteiger partial charge in [0.2, 0.25) is 5.95 Å². The number of aromatic nitrogens is 6. The molecule has 0 radical (unpaired) electrons. The van der Waals surface area contributed by atoms with Crippen molar-refractivity contribution in [2.45, 2.75) is 32.5 Å². The summed E-state index contributed by atoms with van der Waals surface area (Å²) in [5.74, 6) is 0.661. The maximum atomic E-state index is 12.7. The number of hydrogen-bond acceptors (Lipinski definition) is 6. The second-order valence-corrected chi connectivity index (χ2v) is 7.60. The number of piperidine rings is 1. The highest BCUT2D eigenvalue weighted by atomic mass is 19.1. The first-order chi connectivity index (χ1) is 14.7. The van der Waals surface area contributed by atoms with Crippen LogP contribution in [0.5, 0.6) is 0 Å². The van der Waals surface area contributed by atoms with E-state index in [-0.39, 0.29) is 0 Å². The molecule has 0 bridgehead atoms. The molecular formula is C22H22FN7. The number of pyridine rings is 2. The van der Waals surface area contributed by atoms with Crippen molar-refractivity contribution in [3.05, 3.63) is 60.4 Å². The van der Waals surface area contributed by atoms with E-state index >= 15 is 0 Å². The number of nitrogens with zero attached hydrogens (tertiary/aromatic N) is 7. The summed E-state index contributed by atoms with van der Waals surface area (Å²) >= 11 is 0. The maximum absolute atomic E-state index is 12.7. The molecule has 4 aromatic heterocycles. The fraction of sp³-hybridized carbons (Fsp3) is 0.318. The molecule has 0 atom stereocenters. The molecular weight excluding hydrogens is 381 g/mol. The van der Waals surface area contributed by atoms with Gasteiger partial charge in [-0.15, -0.1) is 0 Å². The zero-order valence-electron chi connectivity index (χ0n) is 16.7. The number of anilines is 1. The molecule has 0 spiro atoms. The van der Waals surface area contributed by atoms with Gasteiger partial charge >= 0.3 is 0 Å². The van der Waals surface area contributed by atoms with Crippen molar-refractivity contribution in [3.63, 3.8) is 0 Å². The molecule has 8 heteroatoms. The maximum Gasteiger partial charge on any atom is 0.225 e. The Hall–Kier alpha value is -3.42. The summed E-state index contributed by atoms with van der Waals surface area (Å²) in [6.45, 7) is 3.13. The van der Waals surface area contributed by atoms with Gasteiger partial charge in [0.15, 0.2) is 0 Å². The first-order valence-corrected chi connectivity index (χ1v) is 10.1. The molecule has 0 aliphatic carbocycles. The summed E-state index contributed by atoms with van der Waals surface area (Å²) in [5, 5.41) is 5.75. The molecule has 4 aromatic rings. The number of aryl methyl sites for hydroxylation is 1. The van der Waals surface area contributed by atoms with Gasteiger partial charge in [-0.3, -0.25) is 14.6 Å². The fourth-order valence-electron chi connectivity index (χ4n) is 4.03. The molecule has 1 fully saturated rings. The van der Waals surface area contributed by atoms with Crippen LogP contribution in [-0.2, 0) is 6.67 Å². The molecule has 30 heavy (non-hydrogen) atoms. The zero-order valence-corrected chi connectivity index (χ0v) is 16.7. The minimum atomic E-state index is -0.537. The third-order valence-corrected chi connectivity index (χ3v) is 5.70. The second kappa shape index (κ2) is 7.78. The molecule has 0 saturated carbocycles. The summed E-state index contributed by atoms with van der Waals surface area (Å²) in [6, 6.07) is 6.36. The van der Waals surface area contributed by atoms with Crippen LogP contribution >= 0.6 is 0 Å². The Kier molecular flexibility index (Phi) is 4.82. The van der Waals surface area contributed by atoms with Gasteiger partial charge in [-0.1, -0.05) is 0 Å². The average Bonchev–Trinajstić information content (AvgIpc) is 3.23. The van der Waals surface area contributed by atoms with E-state index in [2.05, 4.69) is 40.7 Å². The van der Waals surface area contributed by atoms with Gasteiger partial charge in [0.05, 0.1) is 29.6 Å². The van der Waals surface area contributed by atoms with E-state index in [1.54, 1.807) is 18.6 Å². The monoisotopic (exact) mass is 403 g/mol. The van der Waals surface area contributed by atoms with Crippen molar-refractivity contribution in [3.8, 4) is 11.3 Å². The number of hydrogen-bond donors (Lipinski definition) is 0.